The second-order valence-electron chi connectivity index (χ2n) is 5.74. The Morgan fingerprint density at radius 1 is 1.14 bits per heavy atom. The normalized spacial score (nSPS) is 23.2. The molecule has 0 aliphatic carbocycles. The van der Waals surface area contributed by atoms with Crippen LogP contribution < -0.4 is 10.1 Å². The lowest BCUT2D eigenvalue weighted by Gasteiger charge is -2.32. The number of ether oxygens (including phenoxy) is 2. The summed E-state index contributed by atoms with van der Waals surface area (Å²) >= 11 is 0. The van der Waals surface area contributed by atoms with Crippen LogP contribution in [0.2, 0.25) is 0 Å². The Morgan fingerprint density at radius 2 is 1.81 bits per heavy atom. The molecule has 0 saturated heterocycles. The summed E-state index contributed by atoms with van der Waals surface area (Å²) in [5.74, 6) is 1.99. The maximum Gasteiger partial charge on any atom is 0.237 e. The summed E-state index contributed by atoms with van der Waals surface area (Å²) in [6.07, 6.45) is 1.82. The van der Waals surface area contributed by atoms with Crippen molar-refractivity contribution in [2.75, 3.05) is 5.32 Å². The van der Waals surface area contributed by atoms with Gasteiger partial charge in [0.05, 0.1) is 5.69 Å². The average molecular weight is 285 g/mol. The zero-order valence-electron chi connectivity index (χ0n) is 13.0. The third-order valence-electron chi connectivity index (χ3n) is 3.98. The molecule has 4 heteroatoms. The fraction of sp³-hybridized carbons (Fsp3) is 0.353. The molecular formula is C17H19NO3. The van der Waals surface area contributed by atoms with Crippen LogP contribution in [0.1, 0.15) is 31.9 Å². The van der Waals surface area contributed by atoms with Crippen LogP contribution in [-0.2, 0) is 9.53 Å². The van der Waals surface area contributed by atoms with Crippen molar-refractivity contribution in [1.82, 2.24) is 0 Å². The molecule has 1 spiro atoms. The molecule has 2 aliphatic rings. The molecule has 2 aliphatic heterocycles. The molecule has 0 bridgehead atoms. The SMILES string of the molecule is CC(=O)C1=C(C)OC(C)=CC12Nc1cc(C)c(C)cc1O2. The molecule has 0 amide bonds. The predicted molar refractivity (Wildman–Crippen MR) is 81.1 cm³/mol. The number of Topliss-reactive ketones (excluding diaryl/α,β-unsaturated/α-hetero) is 1. The molecule has 2 heterocycles. The second kappa shape index (κ2) is 4.38. The number of ketones is 1. The number of nitrogens with one attached hydrogen (secondary N) is 1. The Morgan fingerprint density at radius 3 is 2.48 bits per heavy atom. The minimum atomic E-state index is -0.958. The van der Waals surface area contributed by atoms with E-state index in [-0.39, 0.29) is 5.78 Å². The molecule has 110 valence electrons. The van der Waals surface area contributed by atoms with Crippen LogP contribution in [0.25, 0.3) is 0 Å². The van der Waals surface area contributed by atoms with Crippen LogP contribution in [-0.4, -0.2) is 11.5 Å². The summed E-state index contributed by atoms with van der Waals surface area (Å²) in [5, 5.41) is 3.35. The Labute approximate surface area is 124 Å². The number of carbonyl (C=O) groups is 1. The van der Waals surface area contributed by atoms with Gasteiger partial charge in [0.15, 0.2) is 5.78 Å². The van der Waals surface area contributed by atoms with Gasteiger partial charge in [-0.05, 0) is 57.9 Å². The molecule has 0 aromatic heterocycles. The molecular weight excluding hydrogens is 266 g/mol. The molecule has 3 rings (SSSR count). The van der Waals surface area contributed by atoms with E-state index in [1.54, 1.807) is 6.92 Å². The zero-order chi connectivity index (χ0) is 15.4. The summed E-state index contributed by atoms with van der Waals surface area (Å²) < 4.78 is 11.7. The minimum Gasteiger partial charge on any atom is -0.466 e. The van der Waals surface area contributed by atoms with Crippen molar-refractivity contribution in [2.24, 2.45) is 0 Å². The first-order chi connectivity index (χ1) is 9.82. The van der Waals surface area contributed by atoms with Gasteiger partial charge in [0, 0.05) is 6.08 Å². The highest BCUT2D eigenvalue weighted by Crippen LogP contribution is 2.45. The fourth-order valence-corrected chi connectivity index (χ4v) is 3.00. The highest BCUT2D eigenvalue weighted by atomic mass is 16.5. The molecule has 0 fully saturated rings. The van der Waals surface area contributed by atoms with Gasteiger partial charge in [-0.2, -0.15) is 0 Å². The van der Waals surface area contributed by atoms with Crippen LogP contribution in [0.5, 0.6) is 5.75 Å². The number of anilines is 1. The quantitative estimate of drug-likeness (QED) is 0.856. The Balaban J connectivity index is 2.14. The molecule has 1 aromatic rings. The van der Waals surface area contributed by atoms with Crippen molar-refractivity contribution in [3.8, 4) is 5.75 Å². The number of hydrogen-bond acceptors (Lipinski definition) is 4. The van der Waals surface area contributed by atoms with Gasteiger partial charge in [0.1, 0.15) is 22.8 Å². The van der Waals surface area contributed by atoms with Crippen LogP contribution in [0.15, 0.2) is 35.3 Å². The van der Waals surface area contributed by atoms with Gasteiger partial charge in [-0.15, -0.1) is 0 Å². The molecule has 0 radical (unpaired) electrons. The smallest absolute Gasteiger partial charge is 0.237 e. The van der Waals surface area contributed by atoms with E-state index in [2.05, 4.69) is 12.2 Å². The summed E-state index contributed by atoms with van der Waals surface area (Å²) in [6.45, 7) is 9.28. The van der Waals surface area contributed by atoms with Crippen LogP contribution in [0.3, 0.4) is 0 Å². The number of fused-ring (bicyclic) bond motifs is 1. The summed E-state index contributed by atoms with van der Waals surface area (Å²) in [5.41, 5.74) is 2.79. The van der Waals surface area contributed by atoms with Gasteiger partial charge < -0.3 is 14.8 Å². The standard InChI is InChI=1S/C17H19NO3/c1-9-6-14-15(7-10(9)2)21-17(18-14)8-11(3)20-13(5)16(17)12(4)19/h6-8,18H,1-5H3. The highest BCUT2D eigenvalue weighted by molar-refractivity contribution is 5.98. The summed E-state index contributed by atoms with van der Waals surface area (Å²) in [6, 6.07) is 4.04. The van der Waals surface area contributed by atoms with Gasteiger partial charge in [-0.3, -0.25) is 4.79 Å². The van der Waals surface area contributed by atoms with Crippen LogP contribution in [0.4, 0.5) is 5.69 Å². The largest absolute Gasteiger partial charge is 0.466 e. The zero-order valence-corrected chi connectivity index (χ0v) is 13.0. The number of aryl methyl sites for hydroxylation is 2. The Hall–Kier alpha value is -2.23. The maximum absolute atomic E-state index is 12.1. The first-order valence-electron chi connectivity index (χ1n) is 7.00. The third kappa shape index (κ3) is 2.02. The van der Waals surface area contributed by atoms with Gasteiger partial charge >= 0.3 is 0 Å². The van der Waals surface area contributed by atoms with E-state index in [4.69, 9.17) is 9.47 Å². The highest BCUT2D eigenvalue weighted by Gasteiger charge is 2.46. The van der Waals surface area contributed by atoms with E-state index in [9.17, 15) is 4.79 Å². The van der Waals surface area contributed by atoms with E-state index in [1.165, 1.54) is 12.5 Å². The lowest BCUT2D eigenvalue weighted by molar-refractivity contribution is -0.115. The van der Waals surface area contributed by atoms with E-state index < -0.39 is 5.72 Å². The Kier molecular flexibility index (Phi) is 2.87. The van der Waals surface area contributed by atoms with Crippen molar-refractivity contribution in [3.05, 3.63) is 46.4 Å². The molecule has 0 saturated carbocycles. The van der Waals surface area contributed by atoms with Gasteiger partial charge in [0.25, 0.3) is 0 Å². The van der Waals surface area contributed by atoms with Crippen LogP contribution >= 0.6 is 0 Å². The predicted octanol–water partition coefficient (Wildman–Crippen LogP) is 3.60. The van der Waals surface area contributed by atoms with E-state index in [0.29, 0.717) is 17.1 Å². The lowest BCUT2D eigenvalue weighted by atomic mass is 9.95. The number of rotatable bonds is 1. The maximum atomic E-state index is 12.1. The fourth-order valence-electron chi connectivity index (χ4n) is 3.00. The Bertz CT molecular complexity index is 682. The number of benzene rings is 1. The van der Waals surface area contributed by atoms with Crippen LogP contribution in [0, 0.1) is 13.8 Å². The van der Waals surface area contributed by atoms with E-state index >= 15 is 0 Å². The number of hydrogen-bond donors (Lipinski definition) is 1. The first kappa shape index (κ1) is 13.7. The molecule has 1 N–H and O–H groups in total. The molecule has 21 heavy (non-hydrogen) atoms. The monoisotopic (exact) mass is 285 g/mol. The van der Waals surface area contributed by atoms with Crippen molar-refractivity contribution < 1.29 is 14.3 Å². The minimum absolute atomic E-state index is 0.0648. The van der Waals surface area contributed by atoms with E-state index in [0.717, 1.165) is 17.0 Å². The number of allylic oxidation sites excluding steroid dienone is 2. The topological polar surface area (TPSA) is 47.6 Å². The second-order valence-corrected chi connectivity index (χ2v) is 5.74. The number of carbonyl (C=O) groups excluding carboxylic acids is 1. The molecule has 1 atom stereocenters. The summed E-state index contributed by atoms with van der Waals surface area (Å²) in [4.78, 5) is 12.1. The third-order valence-corrected chi connectivity index (χ3v) is 3.98. The van der Waals surface area contributed by atoms with Crippen molar-refractivity contribution >= 4 is 11.5 Å². The summed E-state index contributed by atoms with van der Waals surface area (Å²) in [7, 11) is 0. The van der Waals surface area contributed by atoms with Crippen molar-refractivity contribution in [1.29, 1.82) is 0 Å². The first-order valence-corrected chi connectivity index (χ1v) is 7.00. The average Bonchev–Trinajstić information content (AvgIpc) is 2.64. The van der Waals surface area contributed by atoms with Crippen molar-refractivity contribution in [2.45, 2.75) is 40.3 Å². The van der Waals surface area contributed by atoms with Gasteiger partial charge in [0.2, 0.25) is 5.72 Å². The van der Waals surface area contributed by atoms with E-state index in [1.807, 2.05) is 32.1 Å². The molecule has 1 unspecified atom stereocenters. The van der Waals surface area contributed by atoms with Gasteiger partial charge in [-0.1, -0.05) is 0 Å². The van der Waals surface area contributed by atoms with Crippen molar-refractivity contribution in [3.63, 3.8) is 0 Å². The molecule has 1 aromatic carbocycles. The molecule has 4 nitrogen and oxygen atoms in total. The van der Waals surface area contributed by atoms with Gasteiger partial charge in [-0.25, -0.2) is 0 Å². The lowest BCUT2D eigenvalue weighted by Crippen LogP contribution is -2.45.